The molecule has 0 aliphatic carbocycles. The Morgan fingerprint density at radius 1 is 1.29 bits per heavy atom. The van der Waals surface area contributed by atoms with Crippen LogP contribution in [-0.4, -0.2) is 81.6 Å². The van der Waals surface area contributed by atoms with Gasteiger partial charge in [-0.1, -0.05) is 37.3 Å². The van der Waals surface area contributed by atoms with Gasteiger partial charge in [0.2, 0.25) is 0 Å². The molecule has 0 radical (unpaired) electrons. The molecule has 1 aromatic carbocycles. The molecule has 0 saturated carbocycles. The summed E-state index contributed by atoms with van der Waals surface area (Å²) in [6.45, 7) is 1.81. The molecule has 3 heterocycles. The minimum Gasteiger partial charge on any atom is -0.394 e. The highest BCUT2D eigenvalue weighted by atomic mass is 16.6. The standard InChI is InChI=1S/C19H25N5O4/c1-11(7-12-5-3-2-4-6-12)19(20)16-17(21-9-23-19)24(10-22-16)18-15(27)14(26)13(8-25)28-18/h2-6,9,11,13-15,18,25-27H,7-8,10,20H2,1H3/t11?,13-,14-,15-,18-,19-/m1/s1. The molecule has 3 aliphatic heterocycles. The number of fused-ring (bicyclic) bond motifs is 1. The predicted octanol–water partition coefficient (Wildman–Crippen LogP) is -0.886. The number of aliphatic hydroxyl groups is 3. The zero-order valence-electron chi connectivity index (χ0n) is 15.6. The van der Waals surface area contributed by atoms with Crippen LogP contribution < -0.4 is 5.73 Å². The number of nitrogens with zero attached hydrogens (tertiary/aromatic N) is 4. The summed E-state index contributed by atoms with van der Waals surface area (Å²) in [7, 11) is 0. The number of hydrogen-bond acceptors (Lipinski definition) is 9. The van der Waals surface area contributed by atoms with Crippen molar-refractivity contribution < 1.29 is 20.1 Å². The Kier molecular flexibility index (Phi) is 5.02. The molecule has 0 bridgehead atoms. The van der Waals surface area contributed by atoms with Crippen molar-refractivity contribution in [3.63, 3.8) is 0 Å². The van der Waals surface area contributed by atoms with Crippen LogP contribution >= 0.6 is 0 Å². The molecule has 9 heteroatoms. The van der Waals surface area contributed by atoms with E-state index in [1.807, 2.05) is 37.3 Å². The van der Waals surface area contributed by atoms with Crippen molar-refractivity contribution in [2.24, 2.45) is 26.6 Å². The van der Waals surface area contributed by atoms with Crippen LogP contribution in [0.4, 0.5) is 0 Å². The van der Waals surface area contributed by atoms with Crippen LogP contribution in [0.5, 0.6) is 0 Å². The number of benzene rings is 1. The van der Waals surface area contributed by atoms with Crippen molar-refractivity contribution in [1.82, 2.24) is 4.90 Å². The largest absolute Gasteiger partial charge is 0.394 e. The van der Waals surface area contributed by atoms with Crippen LogP contribution in [0.15, 0.2) is 45.3 Å². The van der Waals surface area contributed by atoms with Gasteiger partial charge in [-0.05, 0) is 12.0 Å². The van der Waals surface area contributed by atoms with Crippen molar-refractivity contribution in [2.75, 3.05) is 13.3 Å². The third-order valence-electron chi connectivity index (χ3n) is 5.66. The van der Waals surface area contributed by atoms with Gasteiger partial charge < -0.3 is 30.7 Å². The maximum Gasteiger partial charge on any atom is 0.162 e. The van der Waals surface area contributed by atoms with Gasteiger partial charge in [-0.15, -0.1) is 0 Å². The molecule has 150 valence electrons. The molecule has 6 atom stereocenters. The fourth-order valence-corrected chi connectivity index (χ4v) is 3.92. The van der Waals surface area contributed by atoms with Crippen molar-refractivity contribution in [3.05, 3.63) is 35.9 Å². The maximum atomic E-state index is 10.3. The fourth-order valence-electron chi connectivity index (χ4n) is 3.92. The highest BCUT2D eigenvalue weighted by molar-refractivity contribution is 6.47. The van der Waals surface area contributed by atoms with Gasteiger partial charge in [-0.3, -0.25) is 4.99 Å². The summed E-state index contributed by atoms with van der Waals surface area (Å²) in [5, 5.41) is 29.7. The van der Waals surface area contributed by atoms with Gasteiger partial charge in [0.15, 0.2) is 17.7 Å². The van der Waals surface area contributed by atoms with Crippen LogP contribution in [0.2, 0.25) is 0 Å². The van der Waals surface area contributed by atoms with Crippen molar-refractivity contribution in [3.8, 4) is 0 Å². The summed E-state index contributed by atoms with van der Waals surface area (Å²) in [4.78, 5) is 15.0. The van der Waals surface area contributed by atoms with E-state index in [0.717, 1.165) is 12.0 Å². The van der Waals surface area contributed by atoms with Crippen molar-refractivity contribution in [2.45, 2.75) is 43.5 Å². The molecule has 1 fully saturated rings. The second kappa shape index (κ2) is 7.34. The first-order valence-corrected chi connectivity index (χ1v) is 9.34. The summed E-state index contributed by atoms with van der Waals surface area (Å²) in [5.41, 5.74) is 7.32. The van der Waals surface area contributed by atoms with Crippen LogP contribution in [0.1, 0.15) is 12.5 Å². The molecule has 1 saturated heterocycles. The SMILES string of the molecule is CC(Cc1ccccc1)[C@@]1(N)N=CN=C2C1=NCN2[C@@H]1O[C@H](CO)[C@@H](O)[C@H]1O. The minimum atomic E-state index is -1.19. The van der Waals surface area contributed by atoms with Gasteiger partial charge in [-0.25, -0.2) is 9.98 Å². The highest BCUT2D eigenvalue weighted by Gasteiger charge is 2.51. The van der Waals surface area contributed by atoms with E-state index in [1.54, 1.807) is 4.90 Å². The third-order valence-corrected chi connectivity index (χ3v) is 5.66. The Morgan fingerprint density at radius 3 is 2.71 bits per heavy atom. The second-order valence-corrected chi connectivity index (χ2v) is 7.46. The molecule has 4 rings (SSSR count). The van der Waals surface area contributed by atoms with Crippen LogP contribution in [0.3, 0.4) is 0 Å². The Balaban J connectivity index is 1.55. The van der Waals surface area contributed by atoms with E-state index in [0.29, 0.717) is 11.5 Å². The smallest absolute Gasteiger partial charge is 0.162 e. The van der Waals surface area contributed by atoms with E-state index in [1.165, 1.54) is 6.34 Å². The van der Waals surface area contributed by atoms with Gasteiger partial charge in [0.25, 0.3) is 0 Å². The summed E-state index contributed by atoms with van der Waals surface area (Å²) in [6.07, 6.45) is -1.97. The summed E-state index contributed by atoms with van der Waals surface area (Å²) in [5.74, 6) is 0.424. The van der Waals surface area contributed by atoms with E-state index < -0.39 is 30.2 Å². The highest BCUT2D eigenvalue weighted by Crippen LogP contribution is 2.32. The first kappa shape index (κ1) is 19.2. The van der Waals surface area contributed by atoms with Crippen molar-refractivity contribution in [1.29, 1.82) is 0 Å². The Labute approximate surface area is 162 Å². The number of rotatable bonds is 5. The zero-order chi connectivity index (χ0) is 19.9. The fraction of sp³-hybridized carbons (Fsp3) is 0.526. The van der Waals surface area contributed by atoms with Crippen molar-refractivity contribution >= 4 is 17.9 Å². The van der Waals surface area contributed by atoms with Gasteiger partial charge >= 0.3 is 0 Å². The van der Waals surface area contributed by atoms with E-state index in [2.05, 4.69) is 15.0 Å². The summed E-state index contributed by atoms with van der Waals surface area (Å²) >= 11 is 0. The number of aliphatic hydroxyl groups excluding tert-OH is 3. The Morgan fingerprint density at radius 2 is 2.04 bits per heavy atom. The average molecular weight is 387 g/mol. The number of nitrogens with two attached hydrogens (primary N) is 1. The van der Waals surface area contributed by atoms with E-state index in [4.69, 9.17) is 10.5 Å². The maximum absolute atomic E-state index is 10.3. The summed E-state index contributed by atoms with van der Waals surface area (Å²) in [6, 6.07) is 10.0. The second-order valence-electron chi connectivity index (χ2n) is 7.46. The molecule has 3 aliphatic rings. The Bertz CT molecular complexity index is 814. The van der Waals surface area contributed by atoms with Gasteiger partial charge in [0.05, 0.1) is 6.61 Å². The van der Waals surface area contributed by atoms with E-state index >= 15 is 0 Å². The first-order chi connectivity index (χ1) is 13.5. The number of hydrogen-bond donors (Lipinski definition) is 4. The monoisotopic (exact) mass is 387 g/mol. The lowest BCUT2D eigenvalue weighted by Crippen LogP contribution is -2.59. The van der Waals surface area contributed by atoms with E-state index in [-0.39, 0.29) is 19.2 Å². The Hall–Kier alpha value is -2.17. The van der Waals surface area contributed by atoms with Gasteiger partial charge in [0, 0.05) is 5.92 Å². The van der Waals surface area contributed by atoms with Crippen LogP contribution in [-0.2, 0) is 11.2 Å². The quantitative estimate of drug-likeness (QED) is 0.518. The molecule has 9 nitrogen and oxygen atoms in total. The number of amidine groups is 1. The molecule has 0 spiro atoms. The lowest BCUT2D eigenvalue weighted by atomic mass is 9.84. The molecule has 5 N–H and O–H groups in total. The molecule has 28 heavy (non-hydrogen) atoms. The topological polar surface area (TPSA) is 136 Å². The third kappa shape index (κ3) is 3.05. The molecule has 1 unspecified atom stereocenters. The predicted molar refractivity (Wildman–Crippen MR) is 104 cm³/mol. The lowest BCUT2D eigenvalue weighted by Gasteiger charge is -2.35. The van der Waals surface area contributed by atoms with E-state index in [9.17, 15) is 15.3 Å². The summed E-state index contributed by atoms with van der Waals surface area (Å²) < 4.78 is 5.63. The minimum absolute atomic E-state index is 0.0550. The average Bonchev–Trinajstić information content (AvgIpc) is 3.25. The molecule has 1 aromatic rings. The molecular formula is C19H25N5O4. The number of ether oxygens (including phenoxy) is 1. The zero-order valence-corrected chi connectivity index (χ0v) is 15.6. The molecule has 0 aromatic heterocycles. The molecular weight excluding hydrogens is 362 g/mol. The van der Waals surface area contributed by atoms with Crippen LogP contribution in [0.25, 0.3) is 0 Å². The molecule has 0 amide bonds. The number of aliphatic imine (C=N–C) groups is 3. The lowest BCUT2D eigenvalue weighted by molar-refractivity contribution is -0.0688. The first-order valence-electron chi connectivity index (χ1n) is 9.34. The van der Waals surface area contributed by atoms with Crippen LogP contribution in [0, 0.1) is 5.92 Å². The van der Waals surface area contributed by atoms with Gasteiger partial charge in [0.1, 0.15) is 37.0 Å². The normalized spacial score (nSPS) is 35.5. The van der Waals surface area contributed by atoms with Gasteiger partial charge in [-0.2, -0.15) is 0 Å².